The zero-order valence-electron chi connectivity index (χ0n) is 21.1. The highest BCUT2D eigenvalue weighted by Crippen LogP contribution is 2.32. The highest BCUT2D eigenvalue weighted by molar-refractivity contribution is 6.49. The maximum atomic E-state index is 9.00. The second kappa shape index (κ2) is 10.5. The Morgan fingerprint density at radius 1 is 0.711 bits per heavy atom. The number of rotatable bonds is 5. The summed E-state index contributed by atoms with van der Waals surface area (Å²) in [5, 5.41) is 20.7. The smallest absolute Gasteiger partial charge is 0.300 e. The van der Waals surface area contributed by atoms with Gasteiger partial charge in [-0.3, -0.25) is 4.79 Å². The van der Waals surface area contributed by atoms with E-state index >= 15 is 0 Å². The molecular formula is C30H26N4O4. The molecule has 0 radical (unpaired) electrons. The maximum absolute atomic E-state index is 9.00. The molecule has 4 aromatic carbocycles. The number of nitrogens with zero attached hydrogens (tertiary/aromatic N) is 2. The molecule has 0 saturated heterocycles. The third-order valence-corrected chi connectivity index (χ3v) is 6.11. The van der Waals surface area contributed by atoms with E-state index in [1.807, 2.05) is 55.5 Å². The van der Waals surface area contributed by atoms with Gasteiger partial charge in [0.15, 0.2) is 5.75 Å². The topological polar surface area (TPSA) is 112 Å². The van der Waals surface area contributed by atoms with Crippen molar-refractivity contribution in [3.05, 3.63) is 90.5 Å². The van der Waals surface area contributed by atoms with Gasteiger partial charge in [0.25, 0.3) is 5.97 Å². The number of aromatic nitrogens is 2. The van der Waals surface area contributed by atoms with E-state index in [9.17, 15) is 0 Å². The van der Waals surface area contributed by atoms with Crippen LogP contribution in [0.1, 0.15) is 19.4 Å². The van der Waals surface area contributed by atoms with Crippen LogP contribution in [-0.2, 0) is 9.63 Å². The Bertz CT molecular complexity index is 1840. The summed E-state index contributed by atoms with van der Waals surface area (Å²) in [4.78, 5) is 27.1. The van der Waals surface area contributed by atoms with Crippen molar-refractivity contribution in [1.29, 1.82) is 0 Å². The quantitative estimate of drug-likeness (QED) is 0.175. The Labute approximate surface area is 218 Å². The number of H-pyrrole nitrogens is 2. The number of carbonyl (C=O) groups is 1. The first-order valence-corrected chi connectivity index (χ1v) is 12.0. The van der Waals surface area contributed by atoms with Crippen molar-refractivity contribution in [3.8, 4) is 5.75 Å². The van der Waals surface area contributed by atoms with Crippen molar-refractivity contribution in [2.24, 2.45) is 10.3 Å². The molecule has 0 spiro atoms. The van der Waals surface area contributed by atoms with Crippen molar-refractivity contribution >= 4 is 61.0 Å². The van der Waals surface area contributed by atoms with E-state index in [1.54, 1.807) is 0 Å². The van der Waals surface area contributed by atoms with E-state index in [2.05, 4.69) is 56.7 Å². The van der Waals surface area contributed by atoms with Crippen molar-refractivity contribution in [3.63, 3.8) is 0 Å². The number of benzene rings is 4. The summed E-state index contributed by atoms with van der Waals surface area (Å²) in [6.45, 7) is 2.94. The minimum absolute atomic E-state index is 0.590. The summed E-state index contributed by atoms with van der Waals surface area (Å²) in [5.41, 5.74) is 6.07. The standard InChI is InChI=1S/C28H22N4O2.C2H4O2/c1-17(31-33-2)26(22-13-7-11-20-18-9-3-5-14-23(18)29-27(20)22)32-34-25-16-8-12-21-19-10-4-6-15-24(19)30-28(21)25;1-2(3)4/h3-16,29-30H,1-2H3;1H3,(H,3,4). The number of carboxylic acids is 1. The summed E-state index contributed by atoms with van der Waals surface area (Å²) in [6.07, 6.45) is 0. The van der Waals surface area contributed by atoms with E-state index in [1.165, 1.54) is 7.11 Å². The van der Waals surface area contributed by atoms with Gasteiger partial charge in [-0.05, 0) is 25.1 Å². The van der Waals surface area contributed by atoms with Crippen molar-refractivity contribution in [2.45, 2.75) is 13.8 Å². The molecule has 0 aliphatic rings. The van der Waals surface area contributed by atoms with Crippen LogP contribution in [0.3, 0.4) is 0 Å². The van der Waals surface area contributed by atoms with Crippen LogP contribution in [0, 0.1) is 0 Å². The lowest BCUT2D eigenvalue weighted by Gasteiger charge is -2.08. The fourth-order valence-electron chi connectivity index (χ4n) is 4.58. The second-order valence-corrected chi connectivity index (χ2v) is 8.66. The molecule has 2 aromatic heterocycles. The molecule has 2 heterocycles. The molecule has 38 heavy (non-hydrogen) atoms. The summed E-state index contributed by atoms with van der Waals surface area (Å²) in [7, 11) is 1.52. The molecule has 6 aromatic rings. The van der Waals surface area contributed by atoms with E-state index in [0.29, 0.717) is 17.2 Å². The minimum Gasteiger partial charge on any atom is -0.481 e. The van der Waals surface area contributed by atoms with Gasteiger partial charge in [-0.25, -0.2) is 0 Å². The number of hydrogen-bond acceptors (Lipinski definition) is 5. The van der Waals surface area contributed by atoms with Gasteiger partial charge >= 0.3 is 0 Å². The van der Waals surface area contributed by atoms with Gasteiger partial charge in [0.2, 0.25) is 0 Å². The molecule has 0 atom stereocenters. The molecule has 0 amide bonds. The van der Waals surface area contributed by atoms with Crippen molar-refractivity contribution < 1.29 is 19.6 Å². The van der Waals surface area contributed by atoms with Crippen LogP contribution in [0.25, 0.3) is 43.6 Å². The molecule has 0 aliphatic carbocycles. The average molecular weight is 507 g/mol. The first kappa shape index (κ1) is 24.6. The van der Waals surface area contributed by atoms with Gasteiger partial charge in [-0.2, -0.15) is 0 Å². The highest BCUT2D eigenvalue weighted by atomic mass is 16.6. The highest BCUT2D eigenvalue weighted by Gasteiger charge is 2.17. The van der Waals surface area contributed by atoms with Gasteiger partial charge in [0, 0.05) is 45.1 Å². The number of para-hydroxylation sites is 4. The zero-order valence-corrected chi connectivity index (χ0v) is 21.1. The third kappa shape index (κ3) is 4.67. The van der Waals surface area contributed by atoms with Crippen LogP contribution >= 0.6 is 0 Å². The molecule has 190 valence electrons. The molecule has 0 saturated carbocycles. The lowest BCUT2D eigenvalue weighted by molar-refractivity contribution is -0.134. The first-order chi connectivity index (χ1) is 18.5. The van der Waals surface area contributed by atoms with Gasteiger partial charge in [0.1, 0.15) is 18.5 Å². The van der Waals surface area contributed by atoms with Crippen LogP contribution in [0.5, 0.6) is 5.75 Å². The summed E-state index contributed by atoms with van der Waals surface area (Å²) >= 11 is 0. The normalized spacial score (nSPS) is 12.1. The number of fused-ring (bicyclic) bond motifs is 6. The Kier molecular flexibility index (Phi) is 6.78. The fourth-order valence-corrected chi connectivity index (χ4v) is 4.58. The Hall–Kier alpha value is -5.11. The predicted octanol–water partition coefficient (Wildman–Crippen LogP) is 6.85. The maximum Gasteiger partial charge on any atom is 0.300 e. The number of aromatic amines is 2. The number of nitrogens with one attached hydrogen (secondary N) is 2. The summed E-state index contributed by atoms with van der Waals surface area (Å²) in [5.74, 6) is -0.194. The number of aliphatic carboxylic acids is 1. The van der Waals surface area contributed by atoms with Crippen LogP contribution in [-0.4, -0.2) is 39.6 Å². The SMILES string of the molecule is CC(=O)O.CON=C(C)C(=NOc1cccc2c1[nH]c1ccccc12)c1cccc2c1[nH]c1ccccc12. The van der Waals surface area contributed by atoms with E-state index in [4.69, 9.17) is 19.6 Å². The van der Waals surface area contributed by atoms with Crippen LogP contribution in [0.15, 0.2) is 95.2 Å². The summed E-state index contributed by atoms with van der Waals surface area (Å²) in [6, 6.07) is 28.5. The zero-order chi connectivity index (χ0) is 26.6. The molecule has 0 unspecified atom stereocenters. The van der Waals surface area contributed by atoms with Gasteiger partial charge in [-0.15, -0.1) is 0 Å². The lowest BCUT2D eigenvalue weighted by atomic mass is 10.0. The Balaban J connectivity index is 0.000000689. The van der Waals surface area contributed by atoms with Crippen LogP contribution in [0.4, 0.5) is 0 Å². The van der Waals surface area contributed by atoms with Gasteiger partial charge in [0.05, 0.1) is 11.0 Å². The van der Waals surface area contributed by atoms with E-state index < -0.39 is 5.97 Å². The largest absolute Gasteiger partial charge is 0.481 e. The van der Waals surface area contributed by atoms with Gasteiger partial charge < -0.3 is 24.7 Å². The molecule has 3 N–H and O–H groups in total. The Morgan fingerprint density at radius 3 is 1.87 bits per heavy atom. The minimum atomic E-state index is -0.833. The number of hydrogen-bond donors (Lipinski definition) is 3. The molecule has 8 nitrogen and oxygen atoms in total. The number of carboxylic acid groups (broad SMARTS) is 1. The molecule has 0 bridgehead atoms. The van der Waals surface area contributed by atoms with E-state index in [0.717, 1.165) is 56.1 Å². The average Bonchev–Trinajstić information content (AvgIpc) is 3.48. The Morgan fingerprint density at radius 2 is 1.24 bits per heavy atom. The van der Waals surface area contributed by atoms with Crippen LogP contribution in [0.2, 0.25) is 0 Å². The molecule has 6 rings (SSSR count). The molecule has 0 aliphatic heterocycles. The molecule has 8 heteroatoms. The van der Waals surface area contributed by atoms with Gasteiger partial charge in [-0.1, -0.05) is 77.0 Å². The second-order valence-electron chi connectivity index (χ2n) is 8.66. The van der Waals surface area contributed by atoms with Crippen molar-refractivity contribution in [2.75, 3.05) is 7.11 Å². The third-order valence-electron chi connectivity index (χ3n) is 6.11. The lowest BCUT2D eigenvalue weighted by Crippen LogP contribution is -2.15. The fraction of sp³-hybridized carbons (Fsp3) is 0.100. The molecule has 0 fully saturated rings. The summed E-state index contributed by atoms with van der Waals surface area (Å²) < 4.78 is 0. The predicted molar refractivity (Wildman–Crippen MR) is 152 cm³/mol. The van der Waals surface area contributed by atoms with E-state index in [-0.39, 0.29) is 0 Å². The first-order valence-electron chi connectivity index (χ1n) is 12.0. The monoisotopic (exact) mass is 506 g/mol. The van der Waals surface area contributed by atoms with Crippen LogP contribution < -0.4 is 4.84 Å². The van der Waals surface area contributed by atoms with Crippen molar-refractivity contribution in [1.82, 2.24) is 9.97 Å². The molecular weight excluding hydrogens is 480 g/mol. The number of oxime groups is 2.